The molecule has 0 atom stereocenters. The second kappa shape index (κ2) is 10.8. The smallest absolute Gasteiger partial charge is 0.277 e. The van der Waals surface area contributed by atoms with E-state index in [0.29, 0.717) is 24.1 Å². The molecule has 0 saturated carbocycles. The van der Waals surface area contributed by atoms with Gasteiger partial charge in [-0.1, -0.05) is 11.2 Å². The highest BCUT2D eigenvalue weighted by Crippen LogP contribution is 2.22. The number of carbonyl (C=O) groups excluding carboxylic acids is 2. The molecule has 0 saturated heterocycles. The van der Waals surface area contributed by atoms with Gasteiger partial charge in [-0.2, -0.15) is 0 Å². The van der Waals surface area contributed by atoms with Crippen molar-refractivity contribution >= 4 is 11.8 Å². The average molecular weight is 517 g/mol. The lowest BCUT2D eigenvalue weighted by molar-refractivity contribution is 0.0581. The molecule has 0 aliphatic carbocycles. The Morgan fingerprint density at radius 2 is 2.05 bits per heavy atom. The zero-order chi connectivity index (χ0) is 26.7. The van der Waals surface area contributed by atoms with Gasteiger partial charge in [0, 0.05) is 43.6 Å². The minimum absolute atomic E-state index is 0.000167. The van der Waals surface area contributed by atoms with E-state index in [9.17, 15) is 28.3 Å². The van der Waals surface area contributed by atoms with Crippen LogP contribution in [0.1, 0.15) is 44.8 Å². The van der Waals surface area contributed by atoms with Crippen molar-refractivity contribution in [3.8, 4) is 5.75 Å². The van der Waals surface area contributed by atoms with Crippen LogP contribution >= 0.6 is 0 Å². The SMILES string of the molecule is CCOCCN1CN(Cc2cc(C)on2)n2cc(C(=O)NCc3ccc(F)cc3F)c(=O)c(O)c2C1=O. The lowest BCUT2D eigenvalue weighted by atomic mass is 10.1. The molecule has 1 aromatic carbocycles. The van der Waals surface area contributed by atoms with Crippen molar-refractivity contribution in [2.45, 2.75) is 26.9 Å². The van der Waals surface area contributed by atoms with E-state index in [-0.39, 0.29) is 44.2 Å². The monoisotopic (exact) mass is 517 g/mol. The van der Waals surface area contributed by atoms with E-state index in [2.05, 4.69) is 10.5 Å². The van der Waals surface area contributed by atoms with Gasteiger partial charge in [0.2, 0.25) is 5.43 Å². The molecule has 0 radical (unpaired) electrons. The fourth-order valence-electron chi connectivity index (χ4n) is 3.89. The van der Waals surface area contributed by atoms with Crippen LogP contribution in [-0.2, 0) is 17.8 Å². The predicted molar refractivity (Wildman–Crippen MR) is 125 cm³/mol. The second-order valence-corrected chi connectivity index (χ2v) is 8.33. The summed E-state index contributed by atoms with van der Waals surface area (Å²) in [6, 6.07) is 4.57. The van der Waals surface area contributed by atoms with Crippen LogP contribution in [-0.4, -0.2) is 58.1 Å². The number of amides is 2. The fraction of sp³-hybridized carbons (Fsp3) is 0.333. The number of aromatic hydroxyl groups is 1. The van der Waals surface area contributed by atoms with Gasteiger partial charge in [0.05, 0.1) is 13.2 Å². The van der Waals surface area contributed by atoms with Gasteiger partial charge in [-0.15, -0.1) is 0 Å². The molecule has 3 aromatic rings. The number of hydrogen-bond acceptors (Lipinski definition) is 8. The highest BCUT2D eigenvalue weighted by Gasteiger charge is 2.34. The molecule has 0 spiro atoms. The van der Waals surface area contributed by atoms with Crippen LogP contribution in [0, 0.1) is 18.6 Å². The molecule has 37 heavy (non-hydrogen) atoms. The van der Waals surface area contributed by atoms with Crippen LogP contribution in [0.3, 0.4) is 0 Å². The first-order valence-corrected chi connectivity index (χ1v) is 11.4. The predicted octanol–water partition coefficient (Wildman–Crippen LogP) is 1.65. The summed E-state index contributed by atoms with van der Waals surface area (Å²) in [4.78, 5) is 40.3. The van der Waals surface area contributed by atoms with E-state index in [1.807, 2.05) is 6.92 Å². The quantitative estimate of drug-likeness (QED) is 0.410. The Labute approximate surface area is 209 Å². The van der Waals surface area contributed by atoms with Gasteiger partial charge < -0.3 is 24.6 Å². The van der Waals surface area contributed by atoms with Crippen LogP contribution in [0.25, 0.3) is 0 Å². The first-order valence-electron chi connectivity index (χ1n) is 11.4. The lowest BCUT2D eigenvalue weighted by Gasteiger charge is -2.39. The summed E-state index contributed by atoms with van der Waals surface area (Å²) < 4.78 is 38.8. The molecule has 0 bridgehead atoms. The molecular weight excluding hydrogens is 492 g/mol. The van der Waals surface area contributed by atoms with Gasteiger partial charge in [-0.25, -0.2) is 8.78 Å². The Kier molecular flexibility index (Phi) is 7.53. The van der Waals surface area contributed by atoms with E-state index in [1.54, 1.807) is 18.0 Å². The zero-order valence-corrected chi connectivity index (χ0v) is 20.2. The van der Waals surface area contributed by atoms with E-state index < -0.39 is 40.2 Å². The summed E-state index contributed by atoms with van der Waals surface area (Å²) in [5, 5.41) is 18.7. The number of nitrogens with zero attached hydrogens (tertiary/aromatic N) is 4. The summed E-state index contributed by atoms with van der Waals surface area (Å²) in [7, 11) is 0. The molecule has 1 aliphatic heterocycles. The topological polar surface area (TPSA) is 130 Å². The van der Waals surface area contributed by atoms with Crippen molar-refractivity contribution in [3.63, 3.8) is 0 Å². The number of benzene rings is 1. The number of ether oxygens (including phenoxy) is 1. The Hall–Kier alpha value is -4.26. The molecule has 4 rings (SSSR count). The Bertz CT molecular complexity index is 1390. The molecule has 2 N–H and O–H groups in total. The Morgan fingerprint density at radius 1 is 1.27 bits per heavy atom. The maximum Gasteiger partial charge on any atom is 0.277 e. The maximum absolute atomic E-state index is 14.0. The summed E-state index contributed by atoms with van der Waals surface area (Å²) in [6.45, 7) is 4.24. The Balaban J connectivity index is 1.67. The van der Waals surface area contributed by atoms with Crippen molar-refractivity contribution in [2.24, 2.45) is 0 Å². The molecule has 3 heterocycles. The second-order valence-electron chi connectivity index (χ2n) is 8.33. The molecule has 1 aliphatic rings. The fourth-order valence-corrected chi connectivity index (χ4v) is 3.89. The van der Waals surface area contributed by atoms with Crippen molar-refractivity contribution in [2.75, 3.05) is 31.4 Å². The first kappa shape index (κ1) is 25.8. The Morgan fingerprint density at radius 3 is 2.73 bits per heavy atom. The highest BCUT2D eigenvalue weighted by molar-refractivity contribution is 5.99. The van der Waals surface area contributed by atoms with Crippen molar-refractivity contribution in [1.82, 2.24) is 20.0 Å². The minimum atomic E-state index is -1.07. The molecular formula is C24H25F2N5O6. The molecule has 0 unspecified atom stereocenters. The number of aromatic nitrogens is 2. The number of nitrogens with one attached hydrogen (secondary N) is 1. The number of pyridine rings is 1. The van der Waals surface area contributed by atoms with Gasteiger partial charge in [0.15, 0.2) is 11.4 Å². The number of rotatable bonds is 9. The molecule has 11 nitrogen and oxygen atoms in total. The van der Waals surface area contributed by atoms with E-state index in [4.69, 9.17) is 9.26 Å². The van der Waals surface area contributed by atoms with Gasteiger partial charge in [-0.3, -0.25) is 24.1 Å². The molecule has 13 heteroatoms. The number of fused-ring (bicyclic) bond motifs is 1. The largest absolute Gasteiger partial charge is 0.502 e. The van der Waals surface area contributed by atoms with Gasteiger partial charge in [0.25, 0.3) is 11.8 Å². The third-order valence-corrected chi connectivity index (χ3v) is 5.72. The van der Waals surface area contributed by atoms with Gasteiger partial charge in [0.1, 0.15) is 35.3 Å². The number of carbonyl (C=O) groups is 2. The number of halogens is 2. The first-order chi connectivity index (χ1) is 17.7. The van der Waals surface area contributed by atoms with Gasteiger partial charge in [-0.05, 0) is 19.9 Å². The standard InChI is InChI=1S/C24H25F2N5O6/c1-3-36-7-6-29-13-30(11-17-8-14(2)37-28-17)31-12-18(21(32)22(33)20(31)24(29)35)23(34)27-10-15-4-5-16(25)9-19(15)26/h4-5,8-9,12,33H,3,6-7,10-11,13H2,1-2H3,(H,27,34). The maximum atomic E-state index is 14.0. The van der Waals surface area contributed by atoms with E-state index >= 15 is 0 Å². The number of hydrogen-bond donors (Lipinski definition) is 2. The summed E-state index contributed by atoms with van der Waals surface area (Å²) >= 11 is 0. The lowest BCUT2D eigenvalue weighted by Crippen LogP contribution is -2.55. The van der Waals surface area contributed by atoms with Crippen LogP contribution in [0.2, 0.25) is 0 Å². The molecule has 2 aromatic heterocycles. The van der Waals surface area contributed by atoms with Crippen molar-refractivity contribution in [1.29, 1.82) is 0 Å². The molecule has 196 valence electrons. The van der Waals surface area contributed by atoms with E-state index in [0.717, 1.165) is 12.3 Å². The minimum Gasteiger partial charge on any atom is -0.502 e. The summed E-state index contributed by atoms with van der Waals surface area (Å²) in [5.74, 6) is -3.52. The summed E-state index contributed by atoms with van der Waals surface area (Å²) in [5.41, 5.74) is -1.35. The van der Waals surface area contributed by atoms with Crippen LogP contribution in [0.4, 0.5) is 8.78 Å². The normalized spacial score (nSPS) is 13.1. The highest BCUT2D eigenvalue weighted by atomic mass is 19.1. The van der Waals surface area contributed by atoms with Crippen LogP contribution in [0.5, 0.6) is 5.75 Å². The van der Waals surface area contributed by atoms with Crippen LogP contribution in [0.15, 0.2) is 39.8 Å². The zero-order valence-electron chi connectivity index (χ0n) is 20.2. The third-order valence-electron chi connectivity index (χ3n) is 5.72. The molecule has 0 fully saturated rings. The average Bonchev–Trinajstić information content (AvgIpc) is 3.27. The van der Waals surface area contributed by atoms with Crippen LogP contribution < -0.4 is 15.8 Å². The van der Waals surface area contributed by atoms with Crippen molar-refractivity contribution < 1.29 is 32.7 Å². The molecule has 2 amide bonds. The van der Waals surface area contributed by atoms with Gasteiger partial charge >= 0.3 is 0 Å². The third kappa shape index (κ3) is 5.45. The van der Waals surface area contributed by atoms with E-state index in [1.165, 1.54) is 15.6 Å². The van der Waals surface area contributed by atoms with Crippen molar-refractivity contribution in [3.05, 3.63) is 80.6 Å². The summed E-state index contributed by atoms with van der Waals surface area (Å²) in [6.07, 6.45) is 1.14. The number of aryl methyl sites for hydroxylation is 1.